The molecule has 126 valence electrons. The van der Waals surface area contributed by atoms with Crippen molar-refractivity contribution in [2.24, 2.45) is 0 Å². The van der Waals surface area contributed by atoms with Crippen molar-refractivity contribution in [3.8, 4) is 0 Å². The summed E-state index contributed by atoms with van der Waals surface area (Å²) in [5.41, 5.74) is 0.179. The molecule has 2 N–H and O–H groups in total. The van der Waals surface area contributed by atoms with Gasteiger partial charge in [-0.3, -0.25) is 4.79 Å². The molecule has 7 nitrogen and oxygen atoms in total. The molecule has 1 aromatic rings. The van der Waals surface area contributed by atoms with Crippen LogP contribution in [0.1, 0.15) is 16.8 Å². The minimum Gasteiger partial charge on any atom is -0.480 e. The number of carbonyl (C=O) groups is 2. The summed E-state index contributed by atoms with van der Waals surface area (Å²) in [5.74, 6) is -2.46. The van der Waals surface area contributed by atoms with Gasteiger partial charge in [0.1, 0.15) is 0 Å². The summed E-state index contributed by atoms with van der Waals surface area (Å²) in [4.78, 5) is 25.0. The average molecular weight is 362 g/mol. The number of rotatable bonds is 5. The van der Waals surface area contributed by atoms with Gasteiger partial charge in [0.15, 0.2) is 15.9 Å². The number of benzene rings is 1. The Morgan fingerprint density at radius 1 is 1.30 bits per heavy atom. The van der Waals surface area contributed by atoms with Crippen LogP contribution in [0.2, 0.25) is 5.02 Å². The Morgan fingerprint density at radius 2 is 1.91 bits per heavy atom. The highest BCUT2D eigenvalue weighted by Gasteiger charge is 2.40. The molecule has 1 aliphatic rings. The number of carbonyl (C=O) groups excluding carboxylic acids is 1. The van der Waals surface area contributed by atoms with E-state index in [0.29, 0.717) is 5.02 Å². The molecule has 1 aromatic carbocycles. The van der Waals surface area contributed by atoms with E-state index in [9.17, 15) is 28.2 Å². The zero-order chi connectivity index (χ0) is 17.2. The molecule has 0 saturated carbocycles. The highest BCUT2D eigenvalue weighted by Crippen LogP contribution is 2.23. The molecule has 1 fully saturated rings. The second-order valence-corrected chi connectivity index (χ2v) is 7.98. The molecule has 23 heavy (non-hydrogen) atoms. The van der Waals surface area contributed by atoms with Crippen molar-refractivity contribution in [2.45, 2.75) is 18.5 Å². The van der Waals surface area contributed by atoms with E-state index in [4.69, 9.17) is 11.6 Å². The van der Waals surface area contributed by atoms with Crippen LogP contribution >= 0.6 is 11.6 Å². The maximum atomic E-state index is 12.7. The van der Waals surface area contributed by atoms with Gasteiger partial charge >= 0.3 is 5.97 Å². The summed E-state index contributed by atoms with van der Waals surface area (Å²) in [7, 11) is -3.32. The van der Waals surface area contributed by atoms with Gasteiger partial charge in [0, 0.05) is 16.6 Å². The van der Waals surface area contributed by atoms with Crippen LogP contribution in [0.5, 0.6) is 0 Å². The fourth-order valence-corrected chi connectivity index (χ4v) is 4.42. The lowest BCUT2D eigenvalue weighted by molar-refractivity contribution is -0.144. The third-order valence-corrected chi connectivity index (χ3v) is 5.72. The normalized spacial score (nSPS) is 20.9. The molecule has 0 aromatic heterocycles. The molecule has 9 heteroatoms. The zero-order valence-electron chi connectivity index (χ0n) is 12.1. The van der Waals surface area contributed by atoms with Gasteiger partial charge in [-0.2, -0.15) is 0 Å². The monoisotopic (exact) mass is 361 g/mol. The SMILES string of the molecule is O=C(O)C(CO)N(C(=O)c1ccc(Cl)cc1)C1CCS(=O)(=O)C1. The number of nitrogens with zero attached hydrogens (tertiary/aromatic N) is 1. The number of halogens is 1. The summed E-state index contributed by atoms with van der Waals surface area (Å²) >= 11 is 5.76. The van der Waals surface area contributed by atoms with E-state index in [1.807, 2.05) is 0 Å². The predicted molar refractivity (Wildman–Crippen MR) is 83.2 cm³/mol. The first-order valence-corrected chi connectivity index (χ1v) is 9.07. The molecule has 0 bridgehead atoms. The fraction of sp³-hybridized carbons (Fsp3) is 0.429. The number of sulfone groups is 1. The van der Waals surface area contributed by atoms with Crippen molar-refractivity contribution >= 4 is 33.3 Å². The zero-order valence-corrected chi connectivity index (χ0v) is 13.6. The first-order chi connectivity index (χ1) is 10.7. The lowest BCUT2D eigenvalue weighted by Crippen LogP contribution is -2.53. The maximum Gasteiger partial charge on any atom is 0.328 e. The van der Waals surface area contributed by atoms with E-state index in [1.165, 1.54) is 24.3 Å². The van der Waals surface area contributed by atoms with Gasteiger partial charge in [0.25, 0.3) is 5.91 Å². The van der Waals surface area contributed by atoms with Crippen molar-refractivity contribution in [3.63, 3.8) is 0 Å². The van der Waals surface area contributed by atoms with Crippen LogP contribution in [0, 0.1) is 0 Å². The number of amides is 1. The van der Waals surface area contributed by atoms with Crippen molar-refractivity contribution in [2.75, 3.05) is 18.1 Å². The number of carboxylic acid groups (broad SMARTS) is 1. The largest absolute Gasteiger partial charge is 0.480 e. The van der Waals surface area contributed by atoms with Gasteiger partial charge < -0.3 is 15.1 Å². The number of aliphatic hydroxyl groups is 1. The van der Waals surface area contributed by atoms with Gasteiger partial charge in [-0.05, 0) is 30.7 Å². The highest BCUT2D eigenvalue weighted by molar-refractivity contribution is 7.91. The average Bonchev–Trinajstić information content (AvgIpc) is 2.84. The van der Waals surface area contributed by atoms with E-state index >= 15 is 0 Å². The first kappa shape index (κ1) is 17.7. The minimum atomic E-state index is -3.32. The quantitative estimate of drug-likeness (QED) is 0.785. The third-order valence-electron chi connectivity index (χ3n) is 3.72. The minimum absolute atomic E-state index is 0.111. The van der Waals surface area contributed by atoms with Crippen LogP contribution in [0.25, 0.3) is 0 Å². The summed E-state index contributed by atoms with van der Waals surface area (Å²) in [6, 6.07) is 3.53. The van der Waals surface area contributed by atoms with Crippen LogP contribution < -0.4 is 0 Å². The Kier molecular flexibility index (Phi) is 5.28. The van der Waals surface area contributed by atoms with Crippen molar-refractivity contribution < 1.29 is 28.2 Å². The Labute approximate surface area is 138 Å². The predicted octanol–water partition coefficient (Wildman–Crippen LogP) is 0.415. The van der Waals surface area contributed by atoms with Crippen molar-refractivity contribution in [3.05, 3.63) is 34.9 Å². The van der Waals surface area contributed by atoms with Gasteiger partial charge in [-0.25, -0.2) is 13.2 Å². The smallest absolute Gasteiger partial charge is 0.328 e. The standard InChI is InChI=1S/C14H16ClNO6S/c15-10-3-1-9(2-4-10)13(18)16(12(7-17)14(19)20)11-5-6-23(21,22)8-11/h1-4,11-12,17H,5-8H2,(H,19,20). The van der Waals surface area contributed by atoms with E-state index in [0.717, 1.165) is 4.90 Å². The highest BCUT2D eigenvalue weighted by atomic mass is 35.5. The fourth-order valence-electron chi connectivity index (χ4n) is 2.58. The molecule has 2 unspecified atom stereocenters. The van der Waals surface area contributed by atoms with Crippen molar-refractivity contribution in [1.29, 1.82) is 0 Å². The number of aliphatic hydroxyl groups excluding tert-OH is 1. The van der Waals surface area contributed by atoms with Crippen LogP contribution in [0.15, 0.2) is 24.3 Å². The van der Waals surface area contributed by atoms with E-state index in [-0.39, 0.29) is 23.5 Å². The van der Waals surface area contributed by atoms with Gasteiger partial charge in [-0.15, -0.1) is 0 Å². The second-order valence-electron chi connectivity index (χ2n) is 5.31. The van der Waals surface area contributed by atoms with Crippen LogP contribution in [0.4, 0.5) is 0 Å². The maximum absolute atomic E-state index is 12.7. The molecule has 0 spiro atoms. The molecular formula is C14H16ClNO6S. The molecule has 1 aliphatic heterocycles. The lowest BCUT2D eigenvalue weighted by atomic mass is 10.1. The molecule has 1 heterocycles. The van der Waals surface area contributed by atoms with Gasteiger partial charge in [-0.1, -0.05) is 11.6 Å². The van der Waals surface area contributed by atoms with Crippen LogP contribution in [0.3, 0.4) is 0 Å². The number of hydrogen-bond acceptors (Lipinski definition) is 5. The molecule has 2 rings (SSSR count). The van der Waals surface area contributed by atoms with Crippen LogP contribution in [-0.4, -0.2) is 65.6 Å². The Balaban J connectivity index is 2.38. The second kappa shape index (κ2) is 6.86. The lowest BCUT2D eigenvalue weighted by Gasteiger charge is -2.32. The third kappa shape index (κ3) is 4.01. The molecule has 1 saturated heterocycles. The molecule has 2 atom stereocenters. The Bertz CT molecular complexity index is 702. The summed E-state index contributed by atoms with van der Waals surface area (Å²) in [5, 5.41) is 19.0. The summed E-state index contributed by atoms with van der Waals surface area (Å²) in [6.07, 6.45) is 0.144. The van der Waals surface area contributed by atoms with Crippen LogP contribution in [-0.2, 0) is 14.6 Å². The summed E-state index contributed by atoms with van der Waals surface area (Å²) in [6.45, 7) is -0.800. The molecule has 0 aliphatic carbocycles. The van der Waals surface area contributed by atoms with E-state index < -0.39 is 40.4 Å². The molecular weight excluding hydrogens is 346 g/mol. The van der Waals surface area contributed by atoms with Crippen molar-refractivity contribution in [1.82, 2.24) is 4.90 Å². The Morgan fingerprint density at radius 3 is 2.35 bits per heavy atom. The summed E-state index contributed by atoms with van der Waals surface area (Å²) < 4.78 is 23.3. The molecule has 1 amide bonds. The molecule has 0 radical (unpaired) electrons. The van der Waals surface area contributed by atoms with Gasteiger partial charge in [0.05, 0.1) is 18.1 Å². The number of carboxylic acids is 1. The first-order valence-electron chi connectivity index (χ1n) is 6.87. The van der Waals surface area contributed by atoms with E-state index in [2.05, 4.69) is 0 Å². The number of aliphatic carboxylic acids is 1. The van der Waals surface area contributed by atoms with E-state index in [1.54, 1.807) is 0 Å². The van der Waals surface area contributed by atoms with Gasteiger partial charge in [0.2, 0.25) is 0 Å². The Hall–Kier alpha value is -1.64. The number of hydrogen-bond donors (Lipinski definition) is 2. The topological polar surface area (TPSA) is 112 Å².